The summed E-state index contributed by atoms with van der Waals surface area (Å²) in [6, 6.07) is 7.62. The lowest BCUT2D eigenvalue weighted by Crippen LogP contribution is -2.61. The lowest BCUT2D eigenvalue weighted by Gasteiger charge is -2.43. The predicted octanol–water partition coefficient (Wildman–Crippen LogP) is 2.31. The number of hydrogen-bond acceptors (Lipinski definition) is 4. The number of rotatable bonds is 3. The van der Waals surface area contributed by atoms with Gasteiger partial charge in [0.2, 0.25) is 5.91 Å². The molecule has 3 atom stereocenters. The van der Waals surface area contributed by atoms with Crippen molar-refractivity contribution in [1.82, 2.24) is 15.1 Å². The smallest absolute Gasteiger partial charge is 0.254 e. The number of nitrogens with zero attached hydrogens (tertiary/aromatic N) is 2. The summed E-state index contributed by atoms with van der Waals surface area (Å²) in [4.78, 5) is 29.4. The van der Waals surface area contributed by atoms with Gasteiger partial charge in [0.1, 0.15) is 0 Å². The van der Waals surface area contributed by atoms with E-state index in [1.165, 1.54) is 0 Å². The van der Waals surface area contributed by atoms with Crippen LogP contribution in [0.1, 0.15) is 35.2 Å². The van der Waals surface area contributed by atoms with Gasteiger partial charge in [-0.2, -0.15) is 0 Å². The van der Waals surface area contributed by atoms with E-state index in [9.17, 15) is 9.59 Å². The second-order valence-electron chi connectivity index (χ2n) is 7.60. The molecule has 3 unspecified atom stereocenters. The Kier molecular flexibility index (Phi) is 5.99. The molecule has 8 heteroatoms. The Morgan fingerprint density at radius 1 is 1.21 bits per heavy atom. The van der Waals surface area contributed by atoms with Gasteiger partial charge in [-0.15, -0.1) is 0 Å². The average molecular weight is 466 g/mol. The predicted molar refractivity (Wildman–Crippen MR) is 113 cm³/mol. The van der Waals surface area contributed by atoms with Crippen molar-refractivity contribution in [2.75, 3.05) is 26.3 Å². The third kappa shape index (κ3) is 4.09. The maximum absolute atomic E-state index is 13.0. The molecule has 28 heavy (non-hydrogen) atoms. The first-order chi connectivity index (χ1) is 13.5. The van der Waals surface area contributed by atoms with Crippen molar-refractivity contribution in [2.24, 2.45) is 5.92 Å². The van der Waals surface area contributed by atoms with Crippen LogP contribution in [0, 0.1) is 5.92 Å². The molecule has 1 N–H and O–H groups in total. The molecule has 3 aliphatic rings. The maximum atomic E-state index is 13.0. The van der Waals surface area contributed by atoms with Crippen LogP contribution >= 0.6 is 28.1 Å². The average Bonchev–Trinajstić information content (AvgIpc) is 2.72. The number of halogens is 1. The molecule has 2 saturated heterocycles. The molecule has 1 saturated carbocycles. The van der Waals surface area contributed by atoms with Gasteiger partial charge in [0.05, 0.1) is 25.7 Å². The number of morpholine rings is 1. The lowest BCUT2D eigenvalue weighted by molar-refractivity contribution is -0.135. The van der Waals surface area contributed by atoms with Crippen LogP contribution in [0.2, 0.25) is 0 Å². The fourth-order valence-electron chi connectivity index (χ4n) is 4.14. The second-order valence-corrected chi connectivity index (χ2v) is 9.28. The topological polar surface area (TPSA) is 61.9 Å². The van der Waals surface area contributed by atoms with Crippen molar-refractivity contribution in [3.63, 3.8) is 0 Å². The molecule has 1 aliphatic carbocycles. The van der Waals surface area contributed by atoms with Crippen LogP contribution in [0.4, 0.5) is 0 Å². The number of benzene rings is 1. The number of amides is 2. The number of carbonyl (C=O) groups excluding carboxylic acids is 2. The molecular formula is C20H24BrN3O3S. The molecule has 150 valence electrons. The van der Waals surface area contributed by atoms with E-state index in [1.54, 1.807) is 4.90 Å². The summed E-state index contributed by atoms with van der Waals surface area (Å²) in [5.74, 6) is 0.0906. The van der Waals surface area contributed by atoms with Gasteiger partial charge in [-0.25, -0.2) is 0 Å². The highest BCUT2D eigenvalue weighted by molar-refractivity contribution is 9.09. The van der Waals surface area contributed by atoms with Gasteiger partial charge in [-0.1, -0.05) is 28.1 Å². The maximum Gasteiger partial charge on any atom is 0.254 e. The summed E-state index contributed by atoms with van der Waals surface area (Å²) in [5, 5.41) is 3.86. The van der Waals surface area contributed by atoms with Crippen molar-refractivity contribution in [3.8, 4) is 0 Å². The Hall–Kier alpha value is -1.51. The zero-order chi connectivity index (χ0) is 19.7. The lowest BCUT2D eigenvalue weighted by atomic mass is 9.82. The van der Waals surface area contributed by atoms with Gasteiger partial charge in [0.15, 0.2) is 5.11 Å². The van der Waals surface area contributed by atoms with E-state index in [2.05, 4.69) is 21.2 Å². The van der Waals surface area contributed by atoms with Crippen LogP contribution in [0.3, 0.4) is 0 Å². The van der Waals surface area contributed by atoms with Crippen molar-refractivity contribution >= 4 is 45.1 Å². The number of thiocarbonyl (C=S) groups is 1. The summed E-state index contributed by atoms with van der Waals surface area (Å²) in [6.07, 6.45) is 2.85. The van der Waals surface area contributed by atoms with Crippen LogP contribution in [0.25, 0.3) is 0 Å². The highest BCUT2D eigenvalue weighted by Gasteiger charge is 2.42. The third-order valence-corrected chi connectivity index (χ3v) is 6.93. The van der Waals surface area contributed by atoms with Crippen molar-refractivity contribution in [3.05, 3.63) is 35.4 Å². The van der Waals surface area contributed by atoms with Gasteiger partial charge in [0.25, 0.3) is 5.91 Å². The third-order valence-electron chi connectivity index (χ3n) is 5.76. The van der Waals surface area contributed by atoms with E-state index in [-0.39, 0.29) is 23.8 Å². The fourth-order valence-corrected chi connectivity index (χ4v) is 5.11. The quantitative estimate of drug-likeness (QED) is 0.548. The first-order valence-electron chi connectivity index (χ1n) is 9.75. The molecule has 2 heterocycles. The van der Waals surface area contributed by atoms with E-state index in [0.717, 1.165) is 24.8 Å². The van der Waals surface area contributed by atoms with E-state index >= 15 is 0 Å². The molecule has 1 aromatic rings. The minimum atomic E-state index is -0.0352. The summed E-state index contributed by atoms with van der Waals surface area (Å²) < 4.78 is 5.30. The van der Waals surface area contributed by atoms with E-state index in [0.29, 0.717) is 48.4 Å². The minimum absolute atomic E-state index is 0.0227. The molecule has 2 amide bonds. The van der Waals surface area contributed by atoms with Gasteiger partial charge < -0.3 is 15.0 Å². The van der Waals surface area contributed by atoms with Gasteiger partial charge in [-0.3, -0.25) is 14.5 Å². The molecule has 0 radical (unpaired) electrons. The normalized spacial score (nSPS) is 28.0. The summed E-state index contributed by atoms with van der Waals surface area (Å²) >= 11 is 9.12. The summed E-state index contributed by atoms with van der Waals surface area (Å²) in [7, 11) is 0. The SMILES string of the molecule is O=C(c1ccc(CN2C(=O)C3CC(Br)CCC3NC2=S)cc1)N1CCOCC1. The number of hydrogen-bond donors (Lipinski definition) is 1. The highest BCUT2D eigenvalue weighted by atomic mass is 79.9. The van der Waals surface area contributed by atoms with Crippen LogP contribution in [0.15, 0.2) is 24.3 Å². The van der Waals surface area contributed by atoms with Gasteiger partial charge in [-0.05, 0) is 49.2 Å². The number of alkyl halides is 1. The van der Waals surface area contributed by atoms with Gasteiger partial charge in [0, 0.05) is 29.5 Å². The number of nitrogens with one attached hydrogen (secondary N) is 1. The Balaban J connectivity index is 1.43. The monoisotopic (exact) mass is 465 g/mol. The minimum Gasteiger partial charge on any atom is -0.378 e. The van der Waals surface area contributed by atoms with Gasteiger partial charge >= 0.3 is 0 Å². The molecule has 0 spiro atoms. The first-order valence-corrected chi connectivity index (χ1v) is 11.1. The molecule has 6 nitrogen and oxygen atoms in total. The Morgan fingerprint density at radius 3 is 2.64 bits per heavy atom. The molecular weight excluding hydrogens is 442 g/mol. The fraction of sp³-hybridized carbons (Fsp3) is 0.550. The van der Waals surface area contributed by atoms with Crippen LogP contribution in [-0.4, -0.2) is 63.9 Å². The zero-order valence-electron chi connectivity index (χ0n) is 15.6. The highest BCUT2D eigenvalue weighted by Crippen LogP contribution is 2.33. The van der Waals surface area contributed by atoms with Crippen LogP contribution in [-0.2, 0) is 16.1 Å². The molecule has 0 bridgehead atoms. The van der Waals surface area contributed by atoms with E-state index < -0.39 is 0 Å². The zero-order valence-corrected chi connectivity index (χ0v) is 18.0. The van der Waals surface area contributed by atoms with Crippen LogP contribution < -0.4 is 5.32 Å². The Morgan fingerprint density at radius 2 is 1.93 bits per heavy atom. The van der Waals surface area contributed by atoms with E-state index in [4.69, 9.17) is 17.0 Å². The first kappa shape index (κ1) is 19.8. The number of fused-ring (bicyclic) bond motifs is 1. The van der Waals surface area contributed by atoms with Crippen molar-refractivity contribution < 1.29 is 14.3 Å². The molecule has 1 aromatic carbocycles. The van der Waals surface area contributed by atoms with Crippen molar-refractivity contribution in [1.29, 1.82) is 0 Å². The molecule has 4 rings (SSSR count). The Bertz CT molecular complexity index is 766. The summed E-state index contributed by atoms with van der Waals surface area (Å²) in [6.45, 7) is 2.85. The number of carbonyl (C=O) groups is 2. The summed E-state index contributed by atoms with van der Waals surface area (Å²) in [5.41, 5.74) is 1.62. The van der Waals surface area contributed by atoms with Crippen LogP contribution in [0.5, 0.6) is 0 Å². The second kappa shape index (κ2) is 8.47. The standard InChI is InChI=1S/C20H24BrN3O3S/c21-15-5-6-17-16(11-15)19(26)24(20(28)22-17)12-13-1-3-14(4-2-13)18(25)23-7-9-27-10-8-23/h1-4,15-17H,5-12H2,(H,22,28). The van der Waals surface area contributed by atoms with E-state index in [1.807, 2.05) is 29.2 Å². The Labute approximate surface area is 178 Å². The largest absolute Gasteiger partial charge is 0.378 e. The molecule has 0 aromatic heterocycles. The molecule has 2 aliphatic heterocycles. The van der Waals surface area contributed by atoms with Crippen molar-refractivity contribution in [2.45, 2.75) is 36.7 Å². The molecule has 3 fully saturated rings. The number of ether oxygens (including phenoxy) is 1.